The van der Waals surface area contributed by atoms with E-state index >= 15 is 0 Å². The second-order valence-electron chi connectivity index (χ2n) is 6.20. The molecule has 0 spiro atoms. The van der Waals surface area contributed by atoms with E-state index < -0.39 is 11.9 Å². The molecule has 0 radical (unpaired) electrons. The molecule has 1 aromatic rings. The molecule has 2 heterocycles. The van der Waals surface area contributed by atoms with Crippen molar-refractivity contribution in [3.8, 4) is 0 Å². The Morgan fingerprint density at radius 1 is 1.26 bits per heavy atom. The topological polar surface area (TPSA) is 99.9 Å². The van der Waals surface area contributed by atoms with Gasteiger partial charge in [-0.25, -0.2) is 4.79 Å². The molecule has 7 nitrogen and oxygen atoms in total. The summed E-state index contributed by atoms with van der Waals surface area (Å²) in [5.41, 5.74) is 0. The van der Waals surface area contributed by atoms with Gasteiger partial charge in [-0.3, -0.25) is 9.59 Å². The lowest BCUT2D eigenvalue weighted by molar-refractivity contribution is -0.133. The maximum absolute atomic E-state index is 12.0. The third kappa shape index (κ3) is 4.58. The Bertz CT molecular complexity index is 585. The van der Waals surface area contributed by atoms with E-state index in [1.807, 2.05) is 18.7 Å². The first-order valence-corrected chi connectivity index (χ1v) is 7.78. The second kappa shape index (κ2) is 7.30. The Morgan fingerprint density at radius 3 is 2.39 bits per heavy atom. The van der Waals surface area contributed by atoms with E-state index in [4.69, 9.17) is 9.52 Å². The van der Waals surface area contributed by atoms with Gasteiger partial charge in [-0.2, -0.15) is 0 Å². The van der Waals surface area contributed by atoms with Crippen LogP contribution in [0.4, 0.5) is 0 Å². The number of furan rings is 1. The predicted octanol–water partition coefficient (Wildman–Crippen LogP) is 1.74. The molecule has 2 N–H and O–H groups in total. The van der Waals surface area contributed by atoms with E-state index in [1.54, 1.807) is 0 Å². The van der Waals surface area contributed by atoms with Gasteiger partial charge in [0.15, 0.2) is 5.76 Å². The fraction of sp³-hybridized carbons (Fsp3) is 0.562. The smallest absolute Gasteiger partial charge is 0.371 e. The number of rotatable bonds is 5. The maximum Gasteiger partial charge on any atom is 0.371 e. The van der Waals surface area contributed by atoms with Crippen molar-refractivity contribution in [2.24, 2.45) is 5.92 Å². The molecule has 1 aliphatic heterocycles. The Labute approximate surface area is 134 Å². The van der Waals surface area contributed by atoms with Crippen LogP contribution in [0.2, 0.25) is 0 Å². The molecule has 0 aliphatic carbocycles. The summed E-state index contributed by atoms with van der Waals surface area (Å²) < 4.78 is 4.98. The van der Waals surface area contributed by atoms with E-state index in [0.717, 1.165) is 0 Å². The van der Waals surface area contributed by atoms with Gasteiger partial charge in [0.2, 0.25) is 11.7 Å². The summed E-state index contributed by atoms with van der Waals surface area (Å²) in [6, 6.07) is 2.56. The summed E-state index contributed by atoms with van der Waals surface area (Å²) >= 11 is 0. The average molecular weight is 322 g/mol. The van der Waals surface area contributed by atoms with Crippen LogP contribution >= 0.6 is 0 Å². The Kier molecular flexibility index (Phi) is 5.41. The molecular formula is C16H22N2O5. The van der Waals surface area contributed by atoms with Crippen LogP contribution in [0, 0.1) is 5.92 Å². The second-order valence-corrected chi connectivity index (χ2v) is 6.20. The molecule has 23 heavy (non-hydrogen) atoms. The fourth-order valence-corrected chi connectivity index (χ4v) is 2.58. The first-order valence-electron chi connectivity index (χ1n) is 7.78. The van der Waals surface area contributed by atoms with Gasteiger partial charge in [0.25, 0.3) is 5.91 Å². The van der Waals surface area contributed by atoms with Gasteiger partial charge in [-0.05, 0) is 30.9 Å². The third-order valence-corrected chi connectivity index (χ3v) is 3.81. The minimum absolute atomic E-state index is 0.0132. The van der Waals surface area contributed by atoms with Crippen LogP contribution in [0.3, 0.4) is 0 Å². The summed E-state index contributed by atoms with van der Waals surface area (Å²) in [5, 5.41) is 11.6. The van der Waals surface area contributed by atoms with Gasteiger partial charge in [-0.1, -0.05) is 13.8 Å². The van der Waals surface area contributed by atoms with Crippen LogP contribution in [0.25, 0.3) is 0 Å². The van der Waals surface area contributed by atoms with Crippen molar-refractivity contribution in [1.29, 1.82) is 0 Å². The van der Waals surface area contributed by atoms with Crippen LogP contribution in [-0.2, 0) is 4.79 Å². The molecule has 7 heteroatoms. The lowest BCUT2D eigenvalue weighted by atomic mass is 10.0. The van der Waals surface area contributed by atoms with Gasteiger partial charge in [0.05, 0.1) is 0 Å². The van der Waals surface area contributed by atoms with Crippen molar-refractivity contribution in [2.45, 2.75) is 39.2 Å². The molecule has 2 amide bonds. The molecule has 0 unspecified atom stereocenters. The number of carbonyl (C=O) groups is 3. The Hall–Kier alpha value is -2.31. The summed E-state index contributed by atoms with van der Waals surface area (Å²) in [5.74, 6) is -1.42. The zero-order valence-electron chi connectivity index (χ0n) is 13.4. The van der Waals surface area contributed by atoms with Crippen LogP contribution in [0.1, 0.15) is 54.2 Å². The minimum Gasteiger partial charge on any atom is -0.475 e. The highest BCUT2D eigenvalue weighted by Gasteiger charge is 2.25. The minimum atomic E-state index is -1.21. The number of carbonyl (C=O) groups excluding carboxylic acids is 2. The Morgan fingerprint density at radius 2 is 1.87 bits per heavy atom. The molecule has 0 aromatic carbocycles. The van der Waals surface area contributed by atoms with Gasteiger partial charge >= 0.3 is 5.97 Å². The number of piperidine rings is 1. The molecule has 1 aliphatic rings. The summed E-state index contributed by atoms with van der Waals surface area (Å²) in [6.45, 7) is 5.27. The normalized spacial score (nSPS) is 15.7. The number of likely N-dealkylation sites (tertiary alicyclic amines) is 1. The molecule has 1 aromatic heterocycles. The lowest BCUT2D eigenvalue weighted by Gasteiger charge is -2.32. The highest BCUT2D eigenvalue weighted by atomic mass is 16.4. The predicted molar refractivity (Wildman–Crippen MR) is 82.2 cm³/mol. The monoisotopic (exact) mass is 322 g/mol. The molecule has 126 valence electrons. The molecule has 0 saturated carbocycles. The molecular weight excluding hydrogens is 300 g/mol. The van der Waals surface area contributed by atoms with Crippen LogP contribution < -0.4 is 5.32 Å². The quantitative estimate of drug-likeness (QED) is 0.860. The summed E-state index contributed by atoms with van der Waals surface area (Å²) in [6.07, 6.45) is 1.91. The van der Waals surface area contributed by atoms with Gasteiger partial charge in [-0.15, -0.1) is 0 Å². The van der Waals surface area contributed by atoms with E-state index in [1.165, 1.54) is 12.1 Å². The lowest BCUT2D eigenvalue weighted by Crippen LogP contribution is -2.46. The largest absolute Gasteiger partial charge is 0.475 e. The average Bonchev–Trinajstić information content (AvgIpc) is 2.97. The summed E-state index contributed by atoms with van der Waals surface area (Å²) in [7, 11) is 0. The number of hydrogen-bond donors (Lipinski definition) is 2. The maximum atomic E-state index is 12.0. The number of nitrogens with one attached hydrogen (secondary N) is 1. The number of nitrogens with zero attached hydrogens (tertiary/aromatic N) is 1. The van der Waals surface area contributed by atoms with E-state index in [-0.39, 0.29) is 23.5 Å². The molecule has 2 rings (SSSR count). The van der Waals surface area contributed by atoms with Crippen molar-refractivity contribution in [3.63, 3.8) is 0 Å². The fourth-order valence-electron chi connectivity index (χ4n) is 2.58. The number of carboxylic acid groups (broad SMARTS) is 1. The van der Waals surface area contributed by atoms with E-state index in [9.17, 15) is 14.4 Å². The zero-order chi connectivity index (χ0) is 17.0. The van der Waals surface area contributed by atoms with Crippen molar-refractivity contribution in [2.75, 3.05) is 13.1 Å². The molecule has 0 bridgehead atoms. The van der Waals surface area contributed by atoms with Crippen LogP contribution in [0.15, 0.2) is 16.5 Å². The highest BCUT2D eigenvalue weighted by Crippen LogP contribution is 2.15. The molecule has 1 saturated heterocycles. The standard InChI is InChI=1S/C16H22N2O5/c1-10(2)9-14(19)18-7-5-11(6-8-18)17-15(20)12-3-4-13(23-12)16(21)22/h3-4,10-11H,5-9H2,1-2H3,(H,17,20)(H,21,22). The first-order chi connectivity index (χ1) is 10.9. The first kappa shape index (κ1) is 17.1. The number of aromatic carboxylic acids is 1. The van der Waals surface area contributed by atoms with Crippen LogP contribution in [-0.4, -0.2) is 46.9 Å². The van der Waals surface area contributed by atoms with Crippen molar-refractivity contribution in [1.82, 2.24) is 10.2 Å². The van der Waals surface area contributed by atoms with Gasteiger partial charge in [0, 0.05) is 25.6 Å². The third-order valence-electron chi connectivity index (χ3n) is 3.81. The van der Waals surface area contributed by atoms with E-state index in [0.29, 0.717) is 38.3 Å². The van der Waals surface area contributed by atoms with Gasteiger partial charge < -0.3 is 19.7 Å². The van der Waals surface area contributed by atoms with Gasteiger partial charge in [0.1, 0.15) is 0 Å². The SMILES string of the molecule is CC(C)CC(=O)N1CCC(NC(=O)c2ccc(C(=O)O)o2)CC1. The number of amides is 2. The number of carboxylic acids is 1. The summed E-state index contributed by atoms with van der Waals surface area (Å²) in [4.78, 5) is 36.6. The zero-order valence-corrected chi connectivity index (χ0v) is 13.4. The number of hydrogen-bond acceptors (Lipinski definition) is 4. The van der Waals surface area contributed by atoms with Crippen LogP contribution in [0.5, 0.6) is 0 Å². The van der Waals surface area contributed by atoms with Crippen molar-refractivity contribution < 1.29 is 23.9 Å². The van der Waals surface area contributed by atoms with E-state index in [2.05, 4.69) is 5.32 Å². The molecule has 1 fully saturated rings. The highest BCUT2D eigenvalue weighted by molar-refractivity contribution is 5.93. The Balaban J connectivity index is 1.82. The molecule has 0 atom stereocenters. The van der Waals surface area contributed by atoms with Crippen molar-refractivity contribution in [3.05, 3.63) is 23.7 Å². The van der Waals surface area contributed by atoms with Crippen molar-refractivity contribution >= 4 is 17.8 Å².